The van der Waals surface area contributed by atoms with E-state index in [0.717, 1.165) is 0 Å². The van der Waals surface area contributed by atoms with Crippen molar-refractivity contribution in [3.63, 3.8) is 0 Å². The van der Waals surface area contributed by atoms with Crippen molar-refractivity contribution in [1.29, 1.82) is 0 Å². The Morgan fingerprint density at radius 1 is 0.561 bits per heavy atom. The fraction of sp³-hybridized carbons (Fsp3) is 0.0769. The maximum atomic E-state index is 9.91. The van der Waals surface area contributed by atoms with Gasteiger partial charge in [-0.05, 0) is 75.7 Å². The Bertz CT molecular complexity index is 3300. The van der Waals surface area contributed by atoms with Crippen molar-refractivity contribution < 1.29 is 31.5 Å². The average molecular weight is 567 g/mol. The van der Waals surface area contributed by atoms with Gasteiger partial charge in [-0.15, -0.1) is 11.3 Å². The topological polar surface area (TPSA) is 3.24 Å². The Morgan fingerprint density at radius 3 is 2.07 bits per heavy atom. The van der Waals surface area contributed by atoms with Crippen LogP contribution in [-0.4, -0.2) is 0 Å². The molecule has 2 heteroatoms. The van der Waals surface area contributed by atoms with Crippen LogP contribution in [-0.2, 0) is 5.41 Å². The summed E-state index contributed by atoms with van der Waals surface area (Å²) in [5, 5.41) is -0.654. The minimum absolute atomic E-state index is 0.0266. The molecule has 6 aromatic carbocycles. The van der Waals surface area contributed by atoms with Gasteiger partial charge in [0, 0.05) is 37.0 Å². The highest BCUT2D eigenvalue weighted by atomic mass is 32.1. The summed E-state index contributed by atoms with van der Waals surface area (Å²) >= 11 is 0.650. The van der Waals surface area contributed by atoms with E-state index in [2.05, 4.69) is 0 Å². The molecule has 0 saturated heterocycles. The highest BCUT2D eigenvalue weighted by molar-refractivity contribution is 7.26. The van der Waals surface area contributed by atoms with E-state index in [0.29, 0.717) is 16.2 Å². The standard InChI is InChI=1S/C39H29NS/c1-39(2)33-15-8-6-13-30(33)31-24-23-29(25-34(31)39)40(28-21-19-27(20-22-28)26-11-4-3-5-12-26)35-16-10-18-37-38(35)32-14-7-9-17-36(32)41-37/h3-25H,1-2H3/i3D,4D,5D,6D,7D,8D,9D,10D,11D,12D,13D,14D,15D,16D,17D,18D,19D,20D,21D,22D,23D,24D,25D. The molecular formula is C39H29NS. The summed E-state index contributed by atoms with van der Waals surface area (Å²) < 4.78 is 204. The third kappa shape index (κ3) is 3.75. The summed E-state index contributed by atoms with van der Waals surface area (Å²) in [6, 6.07) is -18.1. The van der Waals surface area contributed by atoms with Crippen LogP contribution in [0.2, 0.25) is 0 Å². The van der Waals surface area contributed by atoms with Crippen LogP contribution < -0.4 is 4.90 Å². The van der Waals surface area contributed by atoms with Crippen LogP contribution in [0.15, 0.2) is 139 Å². The van der Waals surface area contributed by atoms with Gasteiger partial charge < -0.3 is 4.90 Å². The van der Waals surface area contributed by atoms with Gasteiger partial charge in [0.05, 0.1) is 37.2 Å². The number of anilines is 3. The molecule has 0 saturated carbocycles. The van der Waals surface area contributed by atoms with Crippen LogP contribution in [0.5, 0.6) is 0 Å². The van der Waals surface area contributed by atoms with Crippen molar-refractivity contribution in [3.8, 4) is 22.3 Å². The van der Waals surface area contributed by atoms with Gasteiger partial charge in [0.25, 0.3) is 0 Å². The molecule has 0 bridgehead atoms. The van der Waals surface area contributed by atoms with E-state index in [4.69, 9.17) is 20.6 Å². The number of fused-ring (bicyclic) bond motifs is 6. The zero-order valence-electron chi connectivity index (χ0n) is 44.4. The number of rotatable bonds is 4. The molecular weight excluding hydrogens is 515 g/mol. The van der Waals surface area contributed by atoms with Gasteiger partial charge in [-0.3, -0.25) is 0 Å². The Labute approximate surface area is 277 Å². The lowest BCUT2D eigenvalue weighted by atomic mass is 9.82. The van der Waals surface area contributed by atoms with E-state index in [1.807, 2.05) is 0 Å². The van der Waals surface area contributed by atoms with Crippen LogP contribution in [0.4, 0.5) is 17.1 Å². The zero-order valence-corrected chi connectivity index (χ0v) is 22.2. The van der Waals surface area contributed by atoms with E-state index < -0.39 is 173 Å². The molecule has 1 heterocycles. The molecule has 0 radical (unpaired) electrons. The summed E-state index contributed by atoms with van der Waals surface area (Å²) in [7, 11) is 0. The lowest BCUT2D eigenvalue weighted by molar-refractivity contribution is 0.660. The average Bonchev–Trinajstić information content (AvgIpc) is 3.77. The first kappa shape index (κ1) is 10.3. The van der Waals surface area contributed by atoms with Crippen LogP contribution in [0.1, 0.15) is 56.5 Å². The lowest BCUT2D eigenvalue weighted by Gasteiger charge is -2.29. The monoisotopic (exact) mass is 566 g/mol. The molecule has 0 spiro atoms. The summed E-state index contributed by atoms with van der Waals surface area (Å²) in [6.07, 6.45) is 0. The zero-order chi connectivity index (χ0) is 47.6. The summed E-state index contributed by atoms with van der Waals surface area (Å²) in [4.78, 5) is 0.708. The van der Waals surface area contributed by atoms with Gasteiger partial charge in [0.2, 0.25) is 0 Å². The molecule has 1 nitrogen and oxygen atoms in total. The predicted molar refractivity (Wildman–Crippen MR) is 177 cm³/mol. The Balaban J connectivity index is 1.64. The van der Waals surface area contributed by atoms with E-state index >= 15 is 0 Å². The molecule has 0 fully saturated rings. The highest BCUT2D eigenvalue weighted by Crippen LogP contribution is 2.51. The van der Waals surface area contributed by atoms with Crippen LogP contribution in [0, 0.1) is 0 Å². The summed E-state index contributed by atoms with van der Waals surface area (Å²) in [5.41, 5.74) is -5.87. The SMILES string of the molecule is [2H]c1c([2H])c([2H])c(-c2c([2H])c([2H])c(N(c3c([2H])c([2H])c4c(c3[2H])C(C)(C)c3c([2H])c([2H])c([2H])c([2H])c3-4)c3c([2H])c([2H])c([2H])c4sc5c([2H])c([2H])c([2H])c([2H])c5c34)c([2H])c2[2H])c([2H])c1[2H]. The van der Waals surface area contributed by atoms with Gasteiger partial charge in [-0.2, -0.15) is 0 Å². The number of thiophene rings is 1. The quantitative estimate of drug-likeness (QED) is 0.205. The molecule has 0 amide bonds. The second kappa shape index (κ2) is 9.19. The molecule has 196 valence electrons. The first-order valence-corrected chi connectivity index (χ1v) is 13.1. The van der Waals surface area contributed by atoms with Crippen molar-refractivity contribution in [3.05, 3.63) is 150 Å². The minimum atomic E-state index is -1.55. The maximum absolute atomic E-state index is 9.91. The molecule has 0 aliphatic heterocycles. The van der Waals surface area contributed by atoms with Gasteiger partial charge in [-0.25, -0.2) is 0 Å². The Kier molecular flexibility index (Phi) is 2.31. The molecule has 0 N–H and O–H groups in total. The summed E-state index contributed by atoms with van der Waals surface area (Å²) in [5.74, 6) is 0. The fourth-order valence-electron chi connectivity index (χ4n) is 5.02. The fourth-order valence-corrected chi connectivity index (χ4v) is 5.99. The van der Waals surface area contributed by atoms with Gasteiger partial charge in [-0.1, -0.05) is 111 Å². The molecule has 1 aliphatic carbocycles. The first-order chi connectivity index (χ1) is 29.7. The smallest absolute Gasteiger partial charge is 0.0648 e. The third-order valence-electron chi connectivity index (χ3n) is 6.95. The number of benzene rings is 6. The van der Waals surface area contributed by atoms with Gasteiger partial charge >= 0.3 is 0 Å². The van der Waals surface area contributed by atoms with Crippen molar-refractivity contribution in [2.75, 3.05) is 4.90 Å². The number of nitrogens with zero attached hydrogens (tertiary/aromatic N) is 1. The van der Waals surface area contributed by atoms with E-state index in [1.165, 1.54) is 13.8 Å². The van der Waals surface area contributed by atoms with Crippen molar-refractivity contribution in [1.82, 2.24) is 0 Å². The van der Waals surface area contributed by atoms with E-state index in [-0.39, 0.29) is 42.4 Å². The van der Waals surface area contributed by atoms with Crippen LogP contribution in [0.25, 0.3) is 42.4 Å². The molecule has 7 aromatic rings. The van der Waals surface area contributed by atoms with Crippen LogP contribution >= 0.6 is 11.3 Å². The maximum Gasteiger partial charge on any atom is 0.0648 e. The van der Waals surface area contributed by atoms with Crippen molar-refractivity contribution in [2.24, 2.45) is 0 Å². The molecule has 1 aromatic heterocycles. The van der Waals surface area contributed by atoms with Crippen LogP contribution in [0.3, 0.4) is 0 Å². The first-order valence-electron chi connectivity index (χ1n) is 23.8. The van der Waals surface area contributed by atoms with E-state index in [1.54, 1.807) is 0 Å². The number of hydrogen-bond acceptors (Lipinski definition) is 2. The molecule has 1 aliphatic rings. The number of hydrogen-bond donors (Lipinski definition) is 0. The lowest BCUT2D eigenvalue weighted by Crippen LogP contribution is -2.16. The summed E-state index contributed by atoms with van der Waals surface area (Å²) in [6.45, 7) is 3.01. The minimum Gasteiger partial charge on any atom is -0.310 e. The highest BCUT2D eigenvalue weighted by Gasteiger charge is 2.35. The third-order valence-corrected chi connectivity index (χ3v) is 7.97. The Hall–Kier alpha value is -4.66. The van der Waals surface area contributed by atoms with Crippen molar-refractivity contribution >= 4 is 48.6 Å². The molecule has 0 unspecified atom stereocenters. The van der Waals surface area contributed by atoms with E-state index in [9.17, 15) is 11.0 Å². The predicted octanol–water partition coefficient (Wildman–Crippen LogP) is 11.5. The van der Waals surface area contributed by atoms with Crippen molar-refractivity contribution in [2.45, 2.75) is 19.3 Å². The van der Waals surface area contributed by atoms with Gasteiger partial charge in [0.15, 0.2) is 0 Å². The molecule has 0 atom stereocenters. The second-order valence-electron chi connectivity index (χ2n) is 9.64. The second-order valence-corrected chi connectivity index (χ2v) is 10.7. The van der Waals surface area contributed by atoms with Gasteiger partial charge in [0.1, 0.15) is 0 Å². The normalized spacial score (nSPS) is 21.2. The molecule has 8 rings (SSSR count). The molecule has 41 heavy (non-hydrogen) atoms. The Morgan fingerprint density at radius 2 is 1.22 bits per heavy atom. The largest absolute Gasteiger partial charge is 0.310 e.